The van der Waals surface area contributed by atoms with Crippen LogP contribution in [0.5, 0.6) is 0 Å². The van der Waals surface area contributed by atoms with Gasteiger partial charge < -0.3 is 10.6 Å². The summed E-state index contributed by atoms with van der Waals surface area (Å²) >= 11 is 0. The predicted molar refractivity (Wildman–Crippen MR) is 79.0 cm³/mol. The smallest absolute Gasteiger partial charge is 0.0573 e. The molecular formula is C15H26N4. The summed E-state index contributed by atoms with van der Waals surface area (Å²) in [7, 11) is 0. The van der Waals surface area contributed by atoms with E-state index in [9.17, 15) is 0 Å². The lowest BCUT2D eigenvalue weighted by Gasteiger charge is -2.21. The molecule has 0 bridgehead atoms. The van der Waals surface area contributed by atoms with Crippen LogP contribution >= 0.6 is 0 Å². The lowest BCUT2D eigenvalue weighted by atomic mass is 10.2. The van der Waals surface area contributed by atoms with Gasteiger partial charge in [0.25, 0.3) is 0 Å². The molecule has 1 aliphatic rings. The fourth-order valence-corrected chi connectivity index (χ4v) is 2.62. The van der Waals surface area contributed by atoms with E-state index in [1.54, 1.807) is 0 Å². The molecule has 19 heavy (non-hydrogen) atoms. The van der Waals surface area contributed by atoms with Crippen LogP contribution in [0.1, 0.15) is 24.1 Å². The lowest BCUT2D eigenvalue weighted by molar-refractivity contribution is 0.249. The van der Waals surface area contributed by atoms with Crippen LogP contribution in [-0.4, -0.2) is 54.1 Å². The molecule has 1 saturated heterocycles. The number of hydrogen-bond donors (Lipinski definition) is 1. The number of aryl methyl sites for hydroxylation is 1. The molecule has 1 fully saturated rings. The molecule has 4 heteroatoms. The number of aromatic nitrogens is 1. The molecule has 0 atom stereocenters. The third kappa shape index (κ3) is 4.56. The van der Waals surface area contributed by atoms with Crippen LogP contribution in [-0.2, 0) is 6.54 Å². The SMILES string of the molecule is Cc1cccnc1CN1CCCN(CCCN)CC1. The first kappa shape index (κ1) is 14.4. The predicted octanol–water partition coefficient (Wildman–Crippen LogP) is 1.25. The van der Waals surface area contributed by atoms with Gasteiger partial charge in [0.1, 0.15) is 0 Å². The molecule has 0 radical (unpaired) electrons. The molecule has 0 spiro atoms. The Bertz CT molecular complexity index is 380. The van der Waals surface area contributed by atoms with Crippen LogP contribution in [0.3, 0.4) is 0 Å². The third-order valence-electron chi connectivity index (χ3n) is 3.85. The van der Waals surface area contributed by atoms with Gasteiger partial charge in [-0.1, -0.05) is 6.07 Å². The Hall–Kier alpha value is -0.970. The second-order valence-corrected chi connectivity index (χ2v) is 5.38. The van der Waals surface area contributed by atoms with Gasteiger partial charge in [-0.15, -0.1) is 0 Å². The zero-order valence-electron chi connectivity index (χ0n) is 12.0. The van der Waals surface area contributed by atoms with Gasteiger partial charge in [0.05, 0.1) is 5.69 Å². The molecule has 1 aromatic rings. The molecule has 0 aromatic carbocycles. The van der Waals surface area contributed by atoms with Crippen LogP contribution < -0.4 is 5.73 Å². The van der Waals surface area contributed by atoms with Gasteiger partial charge in [-0.2, -0.15) is 0 Å². The highest BCUT2D eigenvalue weighted by atomic mass is 15.2. The van der Waals surface area contributed by atoms with Gasteiger partial charge in [-0.3, -0.25) is 9.88 Å². The van der Waals surface area contributed by atoms with Gasteiger partial charge >= 0.3 is 0 Å². The maximum Gasteiger partial charge on any atom is 0.0573 e. The summed E-state index contributed by atoms with van der Waals surface area (Å²) in [6.45, 7) is 9.75. The van der Waals surface area contributed by atoms with Crippen molar-refractivity contribution in [1.82, 2.24) is 14.8 Å². The summed E-state index contributed by atoms with van der Waals surface area (Å²) in [5.41, 5.74) is 8.10. The van der Waals surface area contributed by atoms with E-state index in [0.717, 1.165) is 39.1 Å². The van der Waals surface area contributed by atoms with Crippen LogP contribution in [0.15, 0.2) is 18.3 Å². The van der Waals surface area contributed by atoms with Crippen molar-refractivity contribution in [2.24, 2.45) is 5.73 Å². The Balaban J connectivity index is 1.84. The first-order chi connectivity index (χ1) is 9.29. The number of nitrogens with two attached hydrogens (primary N) is 1. The van der Waals surface area contributed by atoms with Gasteiger partial charge in [0, 0.05) is 25.8 Å². The van der Waals surface area contributed by atoms with Crippen molar-refractivity contribution in [2.45, 2.75) is 26.3 Å². The van der Waals surface area contributed by atoms with Crippen molar-refractivity contribution in [1.29, 1.82) is 0 Å². The molecule has 4 nitrogen and oxygen atoms in total. The van der Waals surface area contributed by atoms with E-state index in [0.29, 0.717) is 0 Å². The summed E-state index contributed by atoms with van der Waals surface area (Å²) in [5.74, 6) is 0. The van der Waals surface area contributed by atoms with Crippen LogP contribution in [0.2, 0.25) is 0 Å². The van der Waals surface area contributed by atoms with E-state index >= 15 is 0 Å². The molecule has 0 saturated carbocycles. The quantitative estimate of drug-likeness (QED) is 0.867. The molecule has 2 N–H and O–H groups in total. The summed E-state index contributed by atoms with van der Waals surface area (Å²) in [5, 5.41) is 0. The average Bonchev–Trinajstić information content (AvgIpc) is 2.64. The van der Waals surface area contributed by atoms with Crippen molar-refractivity contribution in [3.8, 4) is 0 Å². The standard InChI is InChI=1S/C15H26N4/c1-14-5-2-7-17-15(14)13-19-10-4-9-18(11-12-19)8-3-6-16/h2,5,7H,3-4,6,8-13,16H2,1H3. The van der Waals surface area contributed by atoms with E-state index in [-0.39, 0.29) is 0 Å². The highest BCUT2D eigenvalue weighted by Gasteiger charge is 2.15. The van der Waals surface area contributed by atoms with Crippen LogP contribution in [0, 0.1) is 6.92 Å². The summed E-state index contributed by atoms with van der Waals surface area (Å²) in [6.07, 6.45) is 4.25. The second kappa shape index (κ2) is 7.58. The summed E-state index contributed by atoms with van der Waals surface area (Å²) in [4.78, 5) is 9.57. The van der Waals surface area contributed by atoms with E-state index in [2.05, 4.69) is 27.8 Å². The maximum atomic E-state index is 5.59. The minimum absolute atomic E-state index is 0.799. The van der Waals surface area contributed by atoms with E-state index < -0.39 is 0 Å². The average molecular weight is 262 g/mol. The Morgan fingerprint density at radius 3 is 2.79 bits per heavy atom. The van der Waals surface area contributed by atoms with Crippen LogP contribution in [0.25, 0.3) is 0 Å². The van der Waals surface area contributed by atoms with Crippen LogP contribution in [0.4, 0.5) is 0 Å². The normalized spacial score (nSPS) is 18.4. The highest BCUT2D eigenvalue weighted by Crippen LogP contribution is 2.10. The van der Waals surface area contributed by atoms with E-state index in [1.165, 1.54) is 30.8 Å². The molecule has 1 aromatic heterocycles. The molecule has 0 aliphatic carbocycles. The zero-order chi connectivity index (χ0) is 13.5. The topological polar surface area (TPSA) is 45.4 Å². The molecule has 2 rings (SSSR count). The minimum Gasteiger partial charge on any atom is -0.330 e. The molecule has 0 amide bonds. The maximum absolute atomic E-state index is 5.59. The Labute approximate surface area is 116 Å². The van der Waals surface area contributed by atoms with Crippen molar-refractivity contribution < 1.29 is 0 Å². The molecule has 1 aliphatic heterocycles. The van der Waals surface area contributed by atoms with Gasteiger partial charge in [0.2, 0.25) is 0 Å². The molecular weight excluding hydrogens is 236 g/mol. The number of nitrogens with zero attached hydrogens (tertiary/aromatic N) is 3. The molecule has 106 valence electrons. The fraction of sp³-hybridized carbons (Fsp3) is 0.667. The van der Waals surface area contributed by atoms with Crippen molar-refractivity contribution in [2.75, 3.05) is 39.3 Å². The zero-order valence-corrected chi connectivity index (χ0v) is 12.0. The first-order valence-corrected chi connectivity index (χ1v) is 7.35. The van der Waals surface area contributed by atoms with Gasteiger partial charge in [0.15, 0.2) is 0 Å². The first-order valence-electron chi connectivity index (χ1n) is 7.35. The minimum atomic E-state index is 0.799. The van der Waals surface area contributed by atoms with E-state index in [1.807, 2.05) is 12.3 Å². The monoisotopic (exact) mass is 262 g/mol. The largest absolute Gasteiger partial charge is 0.330 e. The van der Waals surface area contributed by atoms with E-state index in [4.69, 9.17) is 5.73 Å². The highest BCUT2D eigenvalue weighted by molar-refractivity contribution is 5.17. The van der Waals surface area contributed by atoms with Crippen molar-refractivity contribution in [3.63, 3.8) is 0 Å². The molecule has 0 unspecified atom stereocenters. The number of pyridine rings is 1. The van der Waals surface area contributed by atoms with Gasteiger partial charge in [-0.05, 0) is 57.6 Å². The van der Waals surface area contributed by atoms with Gasteiger partial charge in [-0.25, -0.2) is 0 Å². The fourth-order valence-electron chi connectivity index (χ4n) is 2.62. The Morgan fingerprint density at radius 1 is 1.21 bits per heavy atom. The number of rotatable bonds is 5. The summed E-state index contributed by atoms with van der Waals surface area (Å²) in [6, 6.07) is 4.16. The Morgan fingerprint density at radius 2 is 2.00 bits per heavy atom. The van der Waals surface area contributed by atoms with Crippen molar-refractivity contribution in [3.05, 3.63) is 29.6 Å². The van der Waals surface area contributed by atoms with Crippen molar-refractivity contribution >= 4 is 0 Å². The third-order valence-corrected chi connectivity index (χ3v) is 3.85. The molecule has 2 heterocycles. The lowest BCUT2D eigenvalue weighted by Crippen LogP contribution is -2.32. The Kier molecular flexibility index (Phi) is 5.76. The second-order valence-electron chi connectivity index (χ2n) is 5.38. The number of hydrogen-bond acceptors (Lipinski definition) is 4. The summed E-state index contributed by atoms with van der Waals surface area (Å²) < 4.78 is 0.